The number of unbranched alkanes of at least 4 members (excludes halogenated alkanes) is 18. The molecule has 0 atom stereocenters. The van der Waals surface area contributed by atoms with Gasteiger partial charge in [-0.15, -0.1) is 0 Å². The van der Waals surface area contributed by atoms with Crippen molar-refractivity contribution < 1.29 is 8.85 Å². The molecule has 0 heterocycles. The van der Waals surface area contributed by atoms with E-state index in [2.05, 4.69) is 13.8 Å². The van der Waals surface area contributed by atoms with Gasteiger partial charge in [0.1, 0.15) is 0 Å². The minimum absolute atomic E-state index is 1.19. The standard InChI is InChI=1S/C26H56O2Si/c1-5-7-9-11-13-15-17-19-21-23-25-29(27-3,28-4)26-24-22-20-18-16-14-12-10-8-6-2/h5-26H2,1-4H3. The molecule has 0 aliphatic rings. The van der Waals surface area contributed by atoms with Gasteiger partial charge in [-0.05, 0) is 12.1 Å². The van der Waals surface area contributed by atoms with Crippen LogP contribution in [0.25, 0.3) is 0 Å². The zero-order chi connectivity index (χ0) is 21.5. The Hall–Kier alpha value is 0.137. The maximum Gasteiger partial charge on any atom is 0.337 e. The van der Waals surface area contributed by atoms with Crippen molar-refractivity contribution in [2.45, 2.75) is 154 Å². The Morgan fingerprint density at radius 3 is 0.862 bits per heavy atom. The fraction of sp³-hybridized carbons (Fsp3) is 1.00. The van der Waals surface area contributed by atoms with E-state index in [1.54, 1.807) is 0 Å². The molecule has 0 aromatic rings. The van der Waals surface area contributed by atoms with E-state index >= 15 is 0 Å². The second-order valence-corrected chi connectivity index (χ2v) is 12.8. The molecule has 0 aliphatic heterocycles. The molecule has 0 aliphatic carbocycles. The van der Waals surface area contributed by atoms with E-state index < -0.39 is 8.56 Å². The van der Waals surface area contributed by atoms with Gasteiger partial charge in [-0.1, -0.05) is 142 Å². The molecule has 0 saturated heterocycles. The van der Waals surface area contributed by atoms with Gasteiger partial charge in [0.25, 0.3) is 0 Å². The smallest absolute Gasteiger partial charge is 0.337 e. The first kappa shape index (κ1) is 29.1. The number of hydrogen-bond acceptors (Lipinski definition) is 2. The van der Waals surface area contributed by atoms with E-state index in [1.165, 1.54) is 141 Å². The monoisotopic (exact) mass is 428 g/mol. The van der Waals surface area contributed by atoms with Crippen LogP contribution in [-0.4, -0.2) is 22.8 Å². The summed E-state index contributed by atoms with van der Waals surface area (Å²) in [6.45, 7) is 4.58. The quantitative estimate of drug-likeness (QED) is 0.112. The molecule has 0 aromatic carbocycles. The highest BCUT2D eigenvalue weighted by Gasteiger charge is 2.33. The van der Waals surface area contributed by atoms with Gasteiger partial charge in [-0.25, -0.2) is 0 Å². The Morgan fingerprint density at radius 2 is 0.621 bits per heavy atom. The van der Waals surface area contributed by atoms with Crippen molar-refractivity contribution in [2.75, 3.05) is 14.2 Å². The van der Waals surface area contributed by atoms with E-state index in [0.717, 1.165) is 0 Å². The molecule has 0 spiro atoms. The summed E-state index contributed by atoms with van der Waals surface area (Å²) in [5.41, 5.74) is 0. The molecule has 0 amide bonds. The van der Waals surface area contributed by atoms with Crippen molar-refractivity contribution in [3.05, 3.63) is 0 Å². The molecular weight excluding hydrogens is 372 g/mol. The Kier molecular flexibility index (Phi) is 22.9. The third-order valence-corrected chi connectivity index (χ3v) is 10.3. The van der Waals surface area contributed by atoms with Crippen molar-refractivity contribution in [2.24, 2.45) is 0 Å². The molecule has 0 aromatic heterocycles. The maximum absolute atomic E-state index is 5.97. The minimum Gasteiger partial charge on any atom is -0.398 e. The van der Waals surface area contributed by atoms with Crippen LogP contribution in [0.1, 0.15) is 142 Å². The van der Waals surface area contributed by atoms with Crippen LogP contribution in [0, 0.1) is 0 Å². The summed E-state index contributed by atoms with van der Waals surface area (Å²) < 4.78 is 11.9. The summed E-state index contributed by atoms with van der Waals surface area (Å²) in [6, 6.07) is 2.38. The third kappa shape index (κ3) is 18.6. The Morgan fingerprint density at radius 1 is 0.379 bits per heavy atom. The normalized spacial score (nSPS) is 12.0. The first-order valence-electron chi connectivity index (χ1n) is 13.3. The molecule has 0 N–H and O–H groups in total. The lowest BCUT2D eigenvalue weighted by Crippen LogP contribution is -2.39. The molecule has 2 nitrogen and oxygen atoms in total. The maximum atomic E-state index is 5.97. The van der Waals surface area contributed by atoms with Crippen molar-refractivity contribution in [3.8, 4) is 0 Å². The van der Waals surface area contributed by atoms with Gasteiger partial charge in [-0.3, -0.25) is 0 Å². The van der Waals surface area contributed by atoms with Crippen molar-refractivity contribution in [1.29, 1.82) is 0 Å². The molecule has 0 rings (SSSR count). The fourth-order valence-electron chi connectivity index (χ4n) is 4.38. The fourth-order valence-corrected chi connectivity index (χ4v) is 7.19. The van der Waals surface area contributed by atoms with Crippen molar-refractivity contribution in [1.82, 2.24) is 0 Å². The predicted molar refractivity (Wildman–Crippen MR) is 133 cm³/mol. The summed E-state index contributed by atoms with van der Waals surface area (Å²) in [5.74, 6) is 0. The number of hydrogen-bond donors (Lipinski definition) is 0. The van der Waals surface area contributed by atoms with Crippen molar-refractivity contribution in [3.63, 3.8) is 0 Å². The highest BCUT2D eigenvalue weighted by atomic mass is 28.4. The number of rotatable bonds is 24. The molecule has 0 radical (unpaired) electrons. The molecule has 0 bridgehead atoms. The molecule has 29 heavy (non-hydrogen) atoms. The van der Waals surface area contributed by atoms with Crippen LogP contribution < -0.4 is 0 Å². The molecule has 0 unspecified atom stereocenters. The van der Waals surface area contributed by atoms with Crippen LogP contribution in [-0.2, 0) is 8.85 Å². The van der Waals surface area contributed by atoms with Gasteiger partial charge in [-0.2, -0.15) is 0 Å². The first-order chi connectivity index (χ1) is 14.2. The van der Waals surface area contributed by atoms with E-state index in [1.807, 2.05) is 14.2 Å². The molecule has 176 valence electrons. The highest BCUT2D eigenvalue weighted by molar-refractivity contribution is 6.67. The second kappa shape index (κ2) is 22.8. The van der Waals surface area contributed by atoms with Gasteiger partial charge in [0.05, 0.1) is 0 Å². The Labute approximate surface area is 186 Å². The lowest BCUT2D eigenvalue weighted by atomic mass is 10.1. The van der Waals surface area contributed by atoms with E-state index in [0.29, 0.717) is 0 Å². The largest absolute Gasteiger partial charge is 0.398 e. The van der Waals surface area contributed by atoms with E-state index in [4.69, 9.17) is 8.85 Å². The molecular formula is C26H56O2Si. The van der Waals surface area contributed by atoms with Crippen LogP contribution in [0.2, 0.25) is 12.1 Å². The summed E-state index contributed by atoms with van der Waals surface area (Å²) in [5, 5.41) is 0. The zero-order valence-corrected chi connectivity index (χ0v) is 21.9. The van der Waals surface area contributed by atoms with Crippen LogP contribution in [0.3, 0.4) is 0 Å². The van der Waals surface area contributed by atoms with E-state index in [9.17, 15) is 0 Å². The third-order valence-electron chi connectivity index (χ3n) is 6.57. The SMILES string of the molecule is CCCCCCCCCCCC[Si](CCCCCCCCCCCC)(OC)OC. The Bertz CT molecular complexity index is 279. The van der Waals surface area contributed by atoms with Gasteiger partial charge in [0.15, 0.2) is 0 Å². The summed E-state index contributed by atoms with van der Waals surface area (Å²) >= 11 is 0. The van der Waals surface area contributed by atoms with Crippen LogP contribution in [0.4, 0.5) is 0 Å². The lowest BCUT2D eigenvalue weighted by Gasteiger charge is -2.27. The zero-order valence-electron chi connectivity index (χ0n) is 20.9. The second-order valence-electron chi connectivity index (χ2n) is 9.18. The highest BCUT2D eigenvalue weighted by Crippen LogP contribution is 2.25. The molecule has 3 heteroatoms. The summed E-state index contributed by atoms with van der Waals surface area (Å²) in [4.78, 5) is 0. The predicted octanol–water partition coefficient (Wildman–Crippen LogP) is 9.56. The molecule has 0 saturated carbocycles. The van der Waals surface area contributed by atoms with E-state index in [-0.39, 0.29) is 0 Å². The minimum atomic E-state index is -1.92. The summed E-state index contributed by atoms with van der Waals surface area (Å²) in [7, 11) is 1.86. The average Bonchev–Trinajstić information content (AvgIpc) is 2.75. The van der Waals surface area contributed by atoms with Crippen LogP contribution in [0.5, 0.6) is 0 Å². The topological polar surface area (TPSA) is 18.5 Å². The van der Waals surface area contributed by atoms with Gasteiger partial charge in [0, 0.05) is 14.2 Å². The first-order valence-corrected chi connectivity index (χ1v) is 15.6. The van der Waals surface area contributed by atoms with Gasteiger partial charge >= 0.3 is 8.56 Å². The average molecular weight is 429 g/mol. The lowest BCUT2D eigenvalue weighted by molar-refractivity contribution is 0.238. The Balaban J connectivity index is 3.64. The van der Waals surface area contributed by atoms with Crippen LogP contribution in [0.15, 0.2) is 0 Å². The van der Waals surface area contributed by atoms with Gasteiger partial charge < -0.3 is 8.85 Å². The van der Waals surface area contributed by atoms with Crippen LogP contribution >= 0.6 is 0 Å². The van der Waals surface area contributed by atoms with Crippen molar-refractivity contribution >= 4 is 8.56 Å². The van der Waals surface area contributed by atoms with Gasteiger partial charge in [0.2, 0.25) is 0 Å². The molecule has 0 fully saturated rings. The summed E-state index contributed by atoms with van der Waals surface area (Å²) in [6.07, 6.45) is 27.9.